The molecule has 1 saturated carbocycles. The average molecular weight is 495 g/mol. The van der Waals surface area contributed by atoms with E-state index in [1.807, 2.05) is 29.7 Å². The highest BCUT2D eigenvalue weighted by molar-refractivity contribution is 7.99. The molecule has 0 atom stereocenters. The molecule has 2 aliphatic rings. The first-order chi connectivity index (χ1) is 17.0. The van der Waals surface area contributed by atoms with Crippen LogP contribution in [0.4, 0.5) is 0 Å². The highest BCUT2D eigenvalue weighted by Gasteiger charge is 2.45. The summed E-state index contributed by atoms with van der Waals surface area (Å²) in [6.45, 7) is 4.16. The second-order valence-electron chi connectivity index (χ2n) is 9.44. The number of carbonyl (C=O) groups excluding carboxylic acids is 2. The summed E-state index contributed by atoms with van der Waals surface area (Å²) >= 11 is 1.14. The van der Waals surface area contributed by atoms with Crippen LogP contribution in [0.5, 0.6) is 0 Å². The molecule has 1 aromatic carbocycles. The second kappa shape index (κ2) is 9.60. The van der Waals surface area contributed by atoms with Gasteiger partial charge in [0, 0.05) is 23.0 Å². The van der Waals surface area contributed by atoms with Crippen molar-refractivity contribution < 1.29 is 14.3 Å². The maximum absolute atomic E-state index is 14.2. The first-order valence-corrected chi connectivity index (χ1v) is 13.4. The Hall–Kier alpha value is -2.94. The number of thioether (sulfide) groups is 1. The van der Waals surface area contributed by atoms with Crippen LogP contribution in [0.3, 0.4) is 0 Å². The van der Waals surface area contributed by atoms with Gasteiger partial charge in [-0.3, -0.25) is 14.4 Å². The van der Waals surface area contributed by atoms with Crippen LogP contribution in [0.1, 0.15) is 63.5 Å². The largest absolute Gasteiger partial charge is 0.465 e. The molecule has 2 aromatic heterocycles. The Balaban J connectivity index is 1.77. The number of ketones is 1. The maximum atomic E-state index is 14.2. The molecule has 1 fully saturated rings. The van der Waals surface area contributed by atoms with Gasteiger partial charge in [-0.05, 0) is 38.2 Å². The van der Waals surface area contributed by atoms with Crippen LogP contribution in [0.2, 0.25) is 0 Å². The van der Waals surface area contributed by atoms with E-state index in [0.717, 1.165) is 67.1 Å². The van der Waals surface area contributed by atoms with Crippen molar-refractivity contribution in [1.29, 1.82) is 0 Å². The third-order valence-corrected chi connectivity index (χ3v) is 8.06. The standard InChI is InChI=1S/C26H30N4O4S/c1-3-9-18(31)15-29-22-19-11-6-5-10-17(19)14-26(12-7-8-13-26)21(22)23(33)30-24(29)27-28-25(30)35-16-20(32)34-4-2/h5-6,10-11H,3-4,7-9,12-16H2,1-2H3. The predicted octanol–water partition coefficient (Wildman–Crippen LogP) is 3.95. The Morgan fingerprint density at radius 2 is 1.91 bits per heavy atom. The number of hydrogen-bond acceptors (Lipinski definition) is 7. The van der Waals surface area contributed by atoms with Gasteiger partial charge in [-0.15, -0.1) is 10.2 Å². The van der Waals surface area contributed by atoms with E-state index in [4.69, 9.17) is 4.74 Å². The van der Waals surface area contributed by atoms with E-state index >= 15 is 0 Å². The number of Topliss-reactive ketones (excluding diaryl/α,β-unsaturated/α-hetero) is 1. The molecule has 0 bridgehead atoms. The summed E-state index contributed by atoms with van der Waals surface area (Å²) in [6.07, 6.45) is 6.04. The summed E-state index contributed by atoms with van der Waals surface area (Å²) in [7, 11) is 0. The van der Waals surface area contributed by atoms with Crippen LogP contribution < -0.4 is 5.56 Å². The predicted molar refractivity (Wildman–Crippen MR) is 134 cm³/mol. The van der Waals surface area contributed by atoms with Crippen LogP contribution in [-0.2, 0) is 32.7 Å². The summed E-state index contributed by atoms with van der Waals surface area (Å²) in [4.78, 5) is 39.1. The zero-order chi connectivity index (χ0) is 24.6. The molecule has 0 amide bonds. The molecule has 0 N–H and O–H groups in total. The number of nitrogens with zero attached hydrogens (tertiary/aromatic N) is 4. The van der Waals surface area contributed by atoms with Crippen LogP contribution >= 0.6 is 11.8 Å². The zero-order valence-electron chi connectivity index (χ0n) is 20.2. The normalized spacial score (nSPS) is 15.8. The van der Waals surface area contributed by atoms with Gasteiger partial charge < -0.3 is 9.30 Å². The highest BCUT2D eigenvalue weighted by atomic mass is 32.2. The van der Waals surface area contributed by atoms with Crippen molar-refractivity contribution in [2.45, 2.75) is 75.9 Å². The van der Waals surface area contributed by atoms with Gasteiger partial charge in [0.2, 0.25) is 5.78 Å². The summed E-state index contributed by atoms with van der Waals surface area (Å²) in [5, 5.41) is 9.00. The fraction of sp³-hybridized carbons (Fsp3) is 0.500. The number of esters is 1. The molecule has 5 rings (SSSR count). The highest BCUT2D eigenvalue weighted by Crippen LogP contribution is 2.50. The molecule has 184 valence electrons. The molecule has 0 aliphatic heterocycles. The third-order valence-electron chi connectivity index (χ3n) is 7.16. The van der Waals surface area contributed by atoms with Gasteiger partial charge in [0.25, 0.3) is 5.56 Å². The van der Waals surface area contributed by atoms with Gasteiger partial charge >= 0.3 is 5.97 Å². The molecule has 2 heterocycles. The number of ether oxygens (including phenoxy) is 1. The number of benzene rings is 1. The van der Waals surface area contributed by atoms with Crippen molar-refractivity contribution in [3.05, 3.63) is 45.7 Å². The van der Waals surface area contributed by atoms with E-state index in [1.54, 1.807) is 6.92 Å². The van der Waals surface area contributed by atoms with Crippen molar-refractivity contribution in [3.8, 4) is 11.3 Å². The van der Waals surface area contributed by atoms with E-state index in [2.05, 4.69) is 16.3 Å². The van der Waals surface area contributed by atoms with Crippen LogP contribution in [-0.4, -0.2) is 43.3 Å². The summed E-state index contributed by atoms with van der Waals surface area (Å²) < 4.78 is 8.45. The monoisotopic (exact) mass is 494 g/mol. The van der Waals surface area contributed by atoms with Gasteiger partial charge in [0.05, 0.1) is 24.6 Å². The summed E-state index contributed by atoms with van der Waals surface area (Å²) in [5.74, 6) is 0.0993. The van der Waals surface area contributed by atoms with Gasteiger partial charge in [-0.1, -0.05) is 55.8 Å². The number of rotatable bonds is 8. The number of fused-ring (bicyclic) bond motifs is 5. The zero-order valence-corrected chi connectivity index (χ0v) is 21.0. The minimum Gasteiger partial charge on any atom is -0.465 e. The summed E-state index contributed by atoms with van der Waals surface area (Å²) in [6, 6.07) is 8.19. The Morgan fingerprint density at radius 1 is 1.14 bits per heavy atom. The Kier molecular flexibility index (Phi) is 6.53. The van der Waals surface area contributed by atoms with Gasteiger partial charge in [0.1, 0.15) is 0 Å². The molecule has 0 saturated heterocycles. The lowest BCUT2D eigenvalue weighted by Crippen LogP contribution is -2.40. The quantitative estimate of drug-likeness (QED) is 0.346. The lowest BCUT2D eigenvalue weighted by molar-refractivity contribution is -0.139. The fourth-order valence-electron chi connectivity index (χ4n) is 5.76. The van der Waals surface area contributed by atoms with Gasteiger partial charge in [0.15, 0.2) is 10.9 Å². The molecule has 1 spiro atoms. The van der Waals surface area contributed by atoms with E-state index in [-0.39, 0.29) is 35.0 Å². The van der Waals surface area contributed by atoms with Gasteiger partial charge in [-0.25, -0.2) is 4.40 Å². The SMILES string of the molecule is CCCC(=O)Cn1c2c(c(=O)n3c(SCC(=O)OCC)nnc13)C1(CCCC1)Cc1ccccc1-2. The molecule has 3 aromatic rings. The van der Waals surface area contributed by atoms with Crippen molar-refractivity contribution in [1.82, 2.24) is 19.2 Å². The molecule has 0 radical (unpaired) electrons. The molecular formula is C26H30N4O4S. The van der Waals surface area contributed by atoms with E-state index in [9.17, 15) is 14.4 Å². The first-order valence-electron chi connectivity index (χ1n) is 12.4. The van der Waals surface area contributed by atoms with Crippen molar-refractivity contribution in [2.75, 3.05) is 12.4 Å². The van der Waals surface area contributed by atoms with E-state index in [1.165, 1.54) is 9.96 Å². The number of aromatic nitrogens is 4. The topological polar surface area (TPSA) is 95.6 Å². The Labute approximate surface area is 208 Å². The molecule has 35 heavy (non-hydrogen) atoms. The minimum absolute atomic E-state index is 0.0356. The molecular weight excluding hydrogens is 464 g/mol. The van der Waals surface area contributed by atoms with Crippen molar-refractivity contribution in [3.63, 3.8) is 0 Å². The lowest BCUT2D eigenvalue weighted by Gasteiger charge is -2.37. The second-order valence-corrected chi connectivity index (χ2v) is 10.4. The van der Waals surface area contributed by atoms with Crippen molar-refractivity contribution in [2.24, 2.45) is 0 Å². The van der Waals surface area contributed by atoms with Gasteiger partial charge in [-0.2, -0.15) is 0 Å². The van der Waals surface area contributed by atoms with E-state index in [0.29, 0.717) is 24.0 Å². The summed E-state index contributed by atoms with van der Waals surface area (Å²) in [5.41, 5.74) is 3.37. The smallest absolute Gasteiger partial charge is 0.316 e. The van der Waals surface area contributed by atoms with Crippen LogP contribution in [0.25, 0.3) is 17.0 Å². The molecule has 0 unspecified atom stereocenters. The van der Waals surface area contributed by atoms with Crippen LogP contribution in [0, 0.1) is 0 Å². The third kappa shape index (κ3) is 4.09. The first kappa shape index (κ1) is 23.8. The maximum Gasteiger partial charge on any atom is 0.316 e. The molecule has 2 aliphatic carbocycles. The van der Waals surface area contributed by atoms with Crippen LogP contribution in [0.15, 0.2) is 34.2 Å². The minimum atomic E-state index is -0.369. The molecule has 8 nitrogen and oxygen atoms in total. The Bertz CT molecular complexity index is 1350. The lowest BCUT2D eigenvalue weighted by atomic mass is 9.68. The Morgan fingerprint density at radius 3 is 2.66 bits per heavy atom. The number of hydrogen-bond donors (Lipinski definition) is 0. The number of carbonyl (C=O) groups is 2. The fourth-order valence-corrected chi connectivity index (χ4v) is 6.48. The van der Waals surface area contributed by atoms with E-state index < -0.39 is 0 Å². The average Bonchev–Trinajstić information content (AvgIpc) is 3.48. The van der Waals surface area contributed by atoms with Crippen molar-refractivity contribution >= 4 is 29.3 Å². The molecule has 9 heteroatoms.